The molecule has 1 saturated carbocycles. The lowest BCUT2D eigenvalue weighted by Gasteiger charge is -2.24. The fourth-order valence-electron chi connectivity index (χ4n) is 4.96. The van der Waals surface area contributed by atoms with Crippen LogP contribution in [0.25, 0.3) is 11.5 Å². The van der Waals surface area contributed by atoms with E-state index in [-0.39, 0.29) is 5.41 Å². The zero-order valence-corrected chi connectivity index (χ0v) is 16.2. The molecule has 1 aliphatic heterocycles. The number of aromatic nitrogens is 6. The Kier molecular flexibility index (Phi) is 4.43. The third-order valence-electron chi connectivity index (χ3n) is 6.38. The van der Waals surface area contributed by atoms with E-state index in [1.54, 1.807) is 18.6 Å². The van der Waals surface area contributed by atoms with Gasteiger partial charge in [0.15, 0.2) is 0 Å². The number of aryl methyl sites for hydroxylation is 2. The first kappa shape index (κ1) is 17.5. The van der Waals surface area contributed by atoms with Crippen molar-refractivity contribution < 1.29 is 4.52 Å². The van der Waals surface area contributed by atoms with E-state index in [4.69, 9.17) is 9.51 Å². The molecule has 8 heteroatoms. The van der Waals surface area contributed by atoms with Crippen LogP contribution in [0.2, 0.25) is 0 Å². The van der Waals surface area contributed by atoms with Gasteiger partial charge in [0.25, 0.3) is 0 Å². The predicted molar refractivity (Wildman–Crippen MR) is 102 cm³/mol. The van der Waals surface area contributed by atoms with Crippen LogP contribution in [0, 0.1) is 12.8 Å². The molecule has 1 saturated heterocycles. The Labute approximate surface area is 164 Å². The summed E-state index contributed by atoms with van der Waals surface area (Å²) in [6.45, 7) is 6.27. The number of nitrogens with zero attached hydrogens (tertiary/aromatic N) is 7. The van der Waals surface area contributed by atoms with Crippen molar-refractivity contribution in [2.24, 2.45) is 5.92 Å². The van der Waals surface area contributed by atoms with Crippen molar-refractivity contribution in [3.05, 3.63) is 42.7 Å². The maximum atomic E-state index is 5.77. The normalized spacial score (nSPS) is 24.7. The highest BCUT2D eigenvalue weighted by Gasteiger charge is 2.53. The molecule has 2 aliphatic rings. The highest BCUT2D eigenvalue weighted by Crippen LogP contribution is 2.50. The van der Waals surface area contributed by atoms with Crippen LogP contribution in [-0.2, 0) is 12.0 Å². The lowest BCUT2D eigenvalue weighted by molar-refractivity contribution is 0.245. The van der Waals surface area contributed by atoms with Crippen molar-refractivity contribution in [1.29, 1.82) is 0 Å². The van der Waals surface area contributed by atoms with Crippen LogP contribution in [0.5, 0.6) is 0 Å². The molecule has 0 aromatic carbocycles. The Morgan fingerprint density at radius 1 is 1.21 bits per heavy atom. The summed E-state index contributed by atoms with van der Waals surface area (Å²) in [7, 11) is 0. The van der Waals surface area contributed by atoms with Crippen LogP contribution in [-0.4, -0.2) is 54.2 Å². The van der Waals surface area contributed by atoms with Crippen LogP contribution >= 0.6 is 0 Å². The predicted octanol–water partition coefficient (Wildman–Crippen LogP) is 2.48. The maximum absolute atomic E-state index is 5.77. The smallest absolute Gasteiger partial charge is 0.234 e. The first-order valence-electron chi connectivity index (χ1n) is 10.1. The SMILES string of the molecule is Cc1nccn1CCCN1C[C@H]2CCC[C@@]2(c2nc(-c3cnccn3)no2)C1. The van der Waals surface area contributed by atoms with Crippen molar-refractivity contribution in [3.8, 4) is 11.5 Å². The van der Waals surface area contributed by atoms with Gasteiger partial charge in [0.1, 0.15) is 11.5 Å². The Balaban J connectivity index is 1.29. The second-order valence-corrected chi connectivity index (χ2v) is 8.02. The molecule has 0 bridgehead atoms. The monoisotopic (exact) mass is 379 g/mol. The summed E-state index contributed by atoms with van der Waals surface area (Å²) in [5, 5.41) is 4.20. The van der Waals surface area contributed by atoms with Crippen molar-refractivity contribution >= 4 is 0 Å². The van der Waals surface area contributed by atoms with Crippen LogP contribution in [0.15, 0.2) is 35.5 Å². The Morgan fingerprint density at radius 2 is 2.18 bits per heavy atom. The van der Waals surface area contributed by atoms with Gasteiger partial charge in [-0.3, -0.25) is 4.98 Å². The van der Waals surface area contributed by atoms with E-state index in [1.165, 1.54) is 12.8 Å². The molecule has 2 atom stereocenters. The standard InChI is InChI=1S/C20H25N7O/c1-15-22-8-11-27(15)10-3-9-26-13-16-4-2-5-20(16,14-26)19-24-18(25-28-19)17-12-21-6-7-23-17/h6-8,11-12,16H,2-5,9-10,13-14H2,1H3/t16-,20-/m1/s1. The van der Waals surface area contributed by atoms with Crippen LogP contribution in [0.1, 0.15) is 37.4 Å². The molecule has 0 unspecified atom stereocenters. The minimum Gasteiger partial charge on any atom is -0.338 e. The van der Waals surface area contributed by atoms with E-state index < -0.39 is 0 Å². The third kappa shape index (κ3) is 3.01. The molecule has 2 fully saturated rings. The molecular formula is C20H25N7O. The van der Waals surface area contributed by atoms with E-state index in [2.05, 4.69) is 42.7 Å². The fraction of sp³-hybridized carbons (Fsp3) is 0.550. The Bertz CT molecular complexity index is 937. The summed E-state index contributed by atoms with van der Waals surface area (Å²) in [5.74, 6) is 3.00. The number of likely N-dealkylation sites (tertiary alicyclic amines) is 1. The minimum atomic E-state index is -0.00161. The summed E-state index contributed by atoms with van der Waals surface area (Å²) in [6, 6.07) is 0. The molecule has 0 N–H and O–H groups in total. The highest BCUT2D eigenvalue weighted by atomic mass is 16.5. The van der Waals surface area contributed by atoms with Gasteiger partial charge in [-0.2, -0.15) is 4.98 Å². The largest absolute Gasteiger partial charge is 0.338 e. The zero-order chi connectivity index (χ0) is 19.0. The maximum Gasteiger partial charge on any atom is 0.234 e. The molecule has 146 valence electrons. The molecule has 0 amide bonds. The minimum absolute atomic E-state index is 0.00161. The van der Waals surface area contributed by atoms with Gasteiger partial charge in [0.05, 0.1) is 11.6 Å². The molecule has 4 heterocycles. The molecule has 0 spiro atoms. The summed E-state index contributed by atoms with van der Waals surface area (Å²) in [5.41, 5.74) is 0.660. The highest BCUT2D eigenvalue weighted by molar-refractivity contribution is 5.45. The van der Waals surface area contributed by atoms with E-state index in [0.29, 0.717) is 17.4 Å². The summed E-state index contributed by atoms with van der Waals surface area (Å²) < 4.78 is 7.99. The number of hydrogen-bond acceptors (Lipinski definition) is 7. The van der Waals surface area contributed by atoms with Gasteiger partial charge in [-0.15, -0.1) is 0 Å². The van der Waals surface area contributed by atoms with Gasteiger partial charge in [-0.25, -0.2) is 9.97 Å². The third-order valence-corrected chi connectivity index (χ3v) is 6.38. The first-order chi connectivity index (χ1) is 13.7. The van der Waals surface area contributed by atoms with Crippen molar-refractivity contribution in [1.82, 2.24) is 34.6 Å². The quantitative estimate of drug-likeness (QED) is 0.650. The van der Waals surface area contributed by atoms with E-state index in [0.717, 1.165) is 50.7 Å². The van der Waals surface area contributed by atoms with Gasteiger partial charge in [0.2, 0.25) is 11.7 Å². The van der Waals surface area contributed by atoms with Crippen LogP contribution in [0.3, 0.4) is 0 Å². The van der Waals surface area contributed by atoms with E-state index in [1.807, 2.05) is 6.20 Å². The molecule has 1 aliphatic carbocycles. The molecular weight excluding hydrogens is 354 g/mol. The molecule has 3 aromatic heterocycles. The zero-order valence-electron chi connectivity index (χ0n) is 16.2. The second-order valence-electron chi connectivity index (χ2n) is 8.02. The van der Waals surface area contributed by atoms with Crippen molar-refractivity contribution in [2.45, 2.75) is 44.6 Å². The van der Waals surface area contributed by atoms with Crippen molar-refractivity contribution in [2.75, 3.05) is 19.6 Å². The van der Waals surface area contributed by atoms with Crippen molar-refractivity contribution in [3.63, 3.8) is 0 Å². The Hall–Kier alpha value is -2.61. The van der Waals surface area contributed by atoms with Crippen LogP contribution < -0.4 is 0 Å². The molecule has 0 radical (unpaired) electrons. The average Bonchev–Trinajstić information content (AvgIpc) is 3.46. The number of fused-ring (bicyclic) bond motifs is 1. The second kappa shape index (κ2) is 7.09. The van der Waals surface area contributed by atoms with Gasteiger partial charge in [-0.05, 0) is 38.6 Å². The van der Waals surface area contributed by atoms with E-state index >= 15 is 0 Å². The first-order valence-corrected chi connectivity index (χ1v) is 10.1. The topological polar surface area (TPSA) is 85.8 Å². The van der Waals surface area contributed by atoms with E-state index in [9.17, 15) is 0 Å². The van der Waals surface area contributed by atoms with Gasteiger partial charge >= 0.3 is 0 Å². The average molecular weight is 379 g/mol. The van der Waals surface area contributed by atoms with Gasteiger partial charge in [-0.1, -0.05) is 11.6 Å². The fourth-order valence-corrected chi connectivity index (χ4v) is 4.96. The summed E-state index contributed by atoms with van der Waals surface area (Å²) >= 11 is 0. The number of imidazole rings is 1. The lowest BCUT2D eigenvalue weighted by Crippen LogP contribution is -2.32. The molecule has 28 heavy (non-hydrogen) atoms. The summed E-state index contributed by atoms with van der Waals surface area (Å²) in [4.78, 5) is 20.0. The van der Waals surface area contributed by atoms with Crippen LogP contribution in [0.4, 0.5) is 0 Å². The molecule has 5 rings (SSSR count). The molecule has 8 nitrogen and oxygen atoms in total. The van der Waals surface area contributed by atoms with Gasteiger partial charge < -0.3 is 14.0 Å². The van der Waals surface area contributed by atoms with Gasteiger partial charge in [0, 0.05) is 44.4 Å². The lowest BCUT2D eigenvalue weighted by atomic mass is 9.80. The molecule has 3 aromatic rings. The number of hydrogen-bond donors (Lipinski definition) is 0. The number of rotatable bonds is 6. The summed E-state index contributed by atoms with van der Waals surface area (Å²) in [6.07, 6.45) is 13.6. The Morgan fingerprint density at radius 3 is 3.00 bits per heavy atom.